The van der Waals surface area contributed by atoms with Gasteiger partial charge in [-0.15, -0.1) is 0 Å². The van der Waals surface area contributed by atoms with Crippen LogP contribution in [0.2, 0.25) is 0 Å². The van der Waals surface area contributed by atoms with E-state index >= 15 is 0 Å². The molecule has 0 radical (unpaired) electrons. The molecule has 1 amide bonds. The average molecular weight is 328 g/mol. The standard InChI is InChI=1S/C14H18BrNO3/c1-9(2)12(15)13(17)16-11(14(18)19)8-10-6-4-3-5-7-10/h3-7,9,11-12H,8H2,1-2H3,(H,16,17)(H,18,19)/t11-,12-/m0/s1. The zero-order chi connectivity index (χ0) is 14.4. The minimum Gasteiger partial charge on any atom is -0.480 e. The summed E-state index contributed by atoms with van der Waals surface area (Å²) in [6, 6.07) is 8.33. The Labute approximate surface area is 121 Å². The second-order valence-corrected chi connectivity index (χ2v) is 5.72. The minimum atomic E-state index is -1.03. The van der Waals surface area contributed by atoms with E-state index in [0.717, 1.165) is 5.56 Å². The summed E-state index contributed by atoms with van der Waals surface area (Å²) in [6.07, 6.45) is 0.278. The van der Waals surface area contributed by atoms with Crippen LogP contribution in [0.1, 0.15) is 19.4 Å². The molecule has 0 spiro atoms. The van der Waals surface area contributed by atoms with Gasteiger partial charge in [0.25, 0.3) is 0 Å². The van der Waals surface area contributed by atoms with E-state index in [1.165, 1.54) is 0 Å². The van der Waals surface area contributed by atoms with Gasteiger partial charge in [0, 0.05) is 6.42 Å². The number of hydrogen-bond acceptors (Lipinski definition) is 2. The fraction of sp³-hybridized carbons (Fsp3) is 0.429. The zero-order valence-electron chi connectivity index (χ0n) is 11.0. The van der Waals surface area contributed by atoms with E-state index in [-0.39, 0.29) is 23.1 Å². The Kier molecular flexibility index (Phi) is 6.02. The molecule has 1 rings (SSSR count). The first-order chi connectivity index (χ1) is 8.91. The molecule has 0 unspecified atom stereocenters. The number of halogens is 1. The van der Waals surface area contributed by atoms with Crippen molar-refractivity contribution in [3.63, 3.8) is 0 Å². The lowest BCUT2D eigenvalue weighted by Crippen LogP contribution is -2.46. The molecule has 0 aliphatic carbocycles. The number of carbonyl (C=O) groups excluding carboxylic acids is 1. The van der Waals surface area contributed by atoms with E-state index in [2.05, 4.69) is 21.2 Å². The van der Waals surface area contributed by atoms with Gasteiger partial charge in [0.15, 0.2) is 0 Å². The maximum absolute atomic E-state index is 11.9. The number of carboxylic acids is 1. The van der Waals surface area contributed by atoms with Gasteiger partial charge in [0.05, 0.1) is 4.83 Å². The third-order valence-electron chi connectivity index (χ3n) is 2.73. The fourth-order valence-corrected chi connectivity index (χ4v) is 1.74. The fourth-order valence-electron chi connectivity index (χ4n) is 1.60. The summed E-state index contributed by atoms with van der Waals surface area (Å²) < 4.78 is 0. The zero-order valence-corrected chi connectivity index (χ0v) is 12.6. The molecule has 0 saturated carbocycles. The maximum atomic E-state index is 11.9. The quantitative estimate of drug-likeness (QED) is 0.787. The van der Waals surface area contributed by atoms with E-state index in [1.54, 1.807) is 0 Å². The highest BCUT2D eigenvalue weighted by molar-refractivity contribution is 9.10. The van der Waals surface area contributed by atoms with Crippen LogP contribution >= 0.6 is 15.9 Å². The number of nitrogens with one attached hydrogen (secondary N) is 1. The largest absolute Gasteiger partial charge is 0.480 e. The lowest BCUT2D eigenvalue weighted by Gasteiger charge is -2.19. The molecule has 4 nitrogen and oxygen atoms in total. The topological polar surface area (TPSA) is 66.4 Å². The molecule has 5 heteroatoms. The Hall–Kier alpha value is -1.36. The van der Waals surface area contributed by atoms with Gasteiger partial charge in [-0.25, -0.2) is 4.79 Å². The molecule has 0 saturated heterocycles. The van der Waals surface area contributed by atoms with Gasteiger partial charge >= 0.3 is 5.97 Å². The second-order valence-electron chi connectivity index (χ2n) is 4.73. The van der Waals surface area contributed by atoms with E-state index in [1.807, 2.05) is 44.2 Å². The van der Waals surface area contributed by atoms with Crippen molar-refractivity contribution in [1.29, 1.82) is 0 Å². The number of amides is 1. The average Bonchev–Trinajstić information content (AvgIpc) is 2.37. The first kappa shape index (κ1) is 15.7. The molecule has 2 atom stereocenters. The van der Waals surface area contributed by atoms with Gasteiger partial charge in [-0.1, -0.05) is 60.1 Å². The van der Waals surface area contributed by atoms with Crippen molar-refractivity contribution in [2.45, 2.75) is 31.1 Å². The van der Waals surface area contributed by atoms with Gasteiger partial charge in [0.2, 0.25) is 5.91 Å². The van der Waals surface area contributed by atoms with E-state index in [9.17, 15) is 14.7 Å². The molecule has 0 aliphatic heterocycles. The first-order valence-electron chi connectivity index (χ1n) is 6.13. The molecule has 0 heterocycles. The molecule has 0 bridgehead atoms. The van der Waals surface area contributed by atoms with E-state index in [4.69, 9.17) is 0 Å². The van der Waals surface area contributed by atoms with Crippen LogP contribution in [0.4, 0.5) is 0 Å². The highest BCUT2D eigenvalue weighted by Gasteiger charge is 2.25. The van der Waals surface area contributed by atoms with Crippen molar-refractivity contribution in [3.05, 3.63) is 35.9 Å². The van der Waals surface area contributed by atoms with Crippen molar-refractivity contribution in [2.75, 3.05) is 0 Å². The lowest BCUT2D eigenvalue weighted by molar-refractivity contribution is -0.141. The SMILES string of the molecule is CC(C)[C@H](Br)C(=O)N[C@@H](Cc1ccccc1)C(=O)O. The Bertz CT molecular complexity index is 434. The predicted molar refractivity (Wildman–Crippen MR) is 77.3 cm³/mol. The van der Waals surface area contributed by atoms with Gasteiger partial charge < -0.3 is 10.4 Å². The van der Waals surface area contributed by atoms with Crippen LogP contribution in [0.5, 0.6) is 0 Å². The summed E-state index contributed by atoms with van der Waals surface area (Å²) in [4.78, 5) is 22.7. The van der Waals surface area contributed by atoms with Gasteiger partial charge in [-0.3, -0.25) is 4.79 Å². The minimum absolute atomic E-state index is 0.103. The van der Waals surface area contributed by atoms with Crippen molar-refractivity contribution >= 4 is 27.8 Å². The summed E-state index contributed by atoms with van der Waals surface area (Å²) in [7, 11) is 0. The Balaban J connectivity index is 2.69. The number of carbonyl (C=O) groups is 2. The summed E-state index contributed by atoms with van der Waals surface area (Å²) in [5, 5.41) is 11.7. The summed E-state index contributed by atoms with van der Waals surface area (Å²) in [5.74, 6) is -1.22. The normalized spacial score (nSPS) is 13.9. The highest BCUT2D eigenvalue weighted by atomic mass is 79.9. The monoisotopic (exact) mass is 327 g/mol. The molecular formula is C14H18BrNO3. The van der Waals surface area contributed by atoms with Crippen molar-refractivity contribution < 1.29 is 14.7 Å². The van der Waals surface area contributed by atoms with Gasteiger partial charge in [-0.2, -0.15) is 0 Å². The molecule has 104 valence electrons. The summed E-state index contributed by atoms with van der Waals surface area (Å²) >= 11 is 3.27. The highest BCUT2D eigenvalue weighted by Crippen LogP contribution is 2.12. The van der Waals surface area contributed by atoms with Crippen LogP contribution < -0.4 is 5.32 Å². The smallest absolute Gasteiger partial charge is 0.326 e. The molecule has 0 aromatic heterocycles. The number of hydrogen-bond donors (Lipinski definition) is 2. The van der Waals surface area contributed by atoms with Crippen molar-refractivity contribution in [1.82, 2.24) is 5.32 Å². The second kappa shape index (κ2) is 7.28. The van der Waals surface area contributed by atoms with E-state index < -0.39 is 12.0 Å². The van der Waals surface area contributed by atoms with E-state index in [0.29, 0.717) is 0 Å². The first-order valence-corrected chi connectivity index (χ1v) is 7.04. The predicted octanol–water partition coefficient (Wildman–Crippen LogP) is 2.22. The number of carboxylic acid groups (broad SMARTS) is 1. The number of benzene rings is 1. The number of alkyl halides is 1. The molecule has 2 N–H and O–H groups in total. The third kappa shape index (κ3) is 5.03. The Morgan fingerprint density at radius 3 is 2.32 bits per heavy atom. The van der Waals surface area contributed by atoms with Crippen LogP contribution in [-0.4, -0.2) is 27.9 Å². The Morgan fingerprint density at radius 1 is 1.26 bits per heavy atom. The van der Waals surface area contributed by atoms with Crippen LogP contribution in [-0.2, 0) is 16.0 Å². The molecule has 19 heavy (non-hydrogen) atoms. The molecule has 1 aromatic carbocycles. The molecular weight excluding hydrogens is 310 g/mol. The summed E-state index contributed by atoms with van der Waals surface area (Å²) in [6.45, 7) is 3.79. The van der Waals surface area contributed by atoms with Crippen molar-refractivity contribution in [3.8, 4) is 0 Å². The number of aliphatic carboxylic acids is 1. The third-order valence-corrected chi connectivity index (χ3v) is 4.21. The van der Waals surface area contributed by atoms with Gasteiger partial charge in [-0.05, 0) is 11.5 Å². The molecule has 1 aromatic rings. The molecule has 0 fully saturated rings. The van der Waals surface area contributed by atoms with Gasteiger partial charge in [0.1, 0.15) is 6.04 Å². The molecule has 0 aliphatic rings. The van der Waals surface area contributed by atoms with Crippen LogP contribution in [0.3, 0.4) is 0 Å². The van der Waals surface area contributed by atoms with Crippen LogP contribution in [0.15, 0.2) is 30.3 Å². The van der Waals surface area contributed by atoms with Crippen LogP contribution in [0, 0.1) is 5.92 Å². The van der Waals surface area contributed by atoms with Crippen LogP contribution in [0.25, 0.3) is 0 Å². The lowest BCUT2D eigenvalue weighted by atomic mass is 10.0. The maximum Gasteiger partial charge on any atom is 0.326 e. The Morgan fingerprint density at radius 2 is 1.84 bits per heavy atom. The van der Waals surface area contributed by atoms with Crippen molar-refractivity contribution in [2.24, 2.45) is 5.92 Å². The summed E-state index contributed by atoms with van der Waals surface area (Å²) in [5.41, 5.74) is 0.880. The number of rotatable bonds is 6.